The third kappa shape index (κ3) is 4.75. The maximum absolute atomic E-state index is 11.3. The minimum Gasteiger partial charge on any atom is -0.503 e. The first-order valence-electron chi connectivity index (χ1n) is 6.34. The lowest BCUT2D eigenvalue weighted by Crippen LogP contribution is -2.12. The molecule has 0 atom stereocenters. The number of hydrogen-bond acceptors (Lipinski definition) is 3. The van der Waals surface area contributed by atoms with Crippen LogP contribution in [0.2, 0.25) is 0 Å². The van der Waals surface area contributed by atoms with Gasteiger partial charge in [-0.1, -0.05) is 32.9 Å². The second kappa shape index (κ2) is 6.38. The molecule has 4 heteroatoms. The largest absolute Gasteiger partial charge is 0.503 e. The van der Waals surface area contributed by atoms with Crippen molar-refractivity contribution >= 4 is 10.9 Å². The van der Waals surface area contributed by atoms with Gasteiger partial charge < -0.3 is 15.8 Å². The number of pyridine rings is 1. The van der Waals surface area contributed by atoms with Gasteiger partial charge in [-0.2, -0.15) is 0 Å². The summed E-state index contributed by atoms with van der Waals surface area (Å²) in [5, 5.41) is 9.59. The molecule has 4 nitrogen and oxygen atoms in total. The molecule has 1 aromatic heterocycles. The lowest BCUT2D eigenvalue weighted by Gasteiger charge is -2.15. The number of aromatic nitrogens is 1. The van der Waals surface area contributed by atoms with Crippen LogP contribution in [-0.4, -0.2) is 16.6 Å². The SMILES string of the molecule is CC(C)(C)CCN.O=c1c(O)c[nH]c2ccccc12. The zero-order chi connectivity index (χ0) is 14.5. The molecule has 1 aromatic carbocycles. The van der Waals surface area contributed by atoms with Gasteiger partial charge in [-0.25, -0.2) is 0 Å². The van der Waals surface area contributed by atoms with Gasteiger partial charge in [-0.15, -0.1) is 0 Å². The molecule has 19 heavy (non-hydrogen) atoms. The fourth-order valence-electron chi connectivity index (χ4n) is 1.59. The summed E-state index contributed by atoms with van der Waals surface area (Å²) < 4.78 is 0. The molecule has 0 aliphatic rings. The smallest absolute Gasteiger partial charge is 0.230 e. The van der Waals surface area contributed by atoms with Gasteiger partial charge in [0.25, 0.3) is 0 Å². The van der Waals surface area contributed by atoms with Gasteiger partial charge in [0.1, 0.15) is 0 Å². The van der Waals surface area contributed by atoms with Crippen LogP contribution in [0.5, 0.6) is 5.75 Å². The van der Waals surface area contributed by atoms with Gasteiger partial charge in [0.15, 0.2) is 5.75 Å². The second-order valence-corrected chi connectivity index (χ2v) is 5.65. The summed E-state index contributed by atoms with van der Waals surface area (Å²) in [6, 6.07) is 7.05. The molecule has 0 unspecified atom stereocenters. The van der Waals surface area contributed by atoms with E-state index in [0.717, 1.165) is 18.5 Å². The molecular formula is C15H22N2O2. The molecule has 0 amide bonds. The van der Waals surface area contributed by atoms with E-state index < -0.39 is 0 Å². The van der Waals surface area contributed by atoms with E-state index in [0.29, 0.717) is 10.8 Å². The quantitative estimate of drug-likeness (QED) is 0.739. The summed E-state index contributed by atoms with van der Waals surface area (Å²) in [4.78, 5) is 14.1. The highest BCUT2D eigenvalue weighted by atomic mass is 16.3. The van der Waals surface area contributed by atoms with Gasteiger partial charge in [-0.05, 0) is 30.5 Å². The van der Waals surface area contributed by atoms with E-state index in [1.165, 1.54) is 6.20 Å². The Hall–Kier alpha value is -1.81. The number of aromatic hydroxyl groups is 1. The third-order valence-electron chi connectivity index (χ3n) is 2.66. The van der Waals surface area contributed by atoms with Gasteiger partial charge in [0.05, 0.1) is 0 Å². The average molecular weight is 262 g/mol. The van der Waals surface area contributed by atoms with E-state index in [-0.39, 0.29) is 11.2 Å². The molecule has 104 valence electrons. The molecule has 0 aliphatic heterocycles. The second-order valence-electron chi connectivity index (χ2n) is 5.65. The Bertz CT molecular complexity index is 582. The van der Waals surface area contributed by atoms with E-state index >= 15 is 0 Å². The van der Waals surface area contributed by atoms with Crippen molar-refractivity contribution in [2.24, 2.45) is 11.1 Å². The van der Waals surface area contributed by atoms with Gasteiger partial charge >= 0.3 is 0 Å². The molecule has 2 aromatic rings. The third-order valence-corrected chi connectivity index (χ3v) is 2.66. The Kier molecular flexibility index (Phi) is 5.12. The van der Waals surface area contributed by atoms with Gasteiger partial charge in [-0.3, -0.25) is 4.79 Å². The number of aromatic amines is 1. The maximum Gasteiger partial charge on any atom is 0.230 e. The van der Waals surface area contributed by atoms with Crippen LogP contribution in [0, 0.1) is 5.41 Å². The van der Waals surface area contributed by atoms with E-state index in [1.54, 1.807) is 18.2 Å². The number of benzene rings is 1. The van der Waals surface area contributed by atoms with Crippen LogP contribution in [0.4, 0.5) is 0 Å². The summed E-state index contributed by atoms with van der Waals surface area (Å²) >= 11 is 0. The van der Waals surface area contributed by atoms with E-state index in [4.69, 9.17) is 10.8 Å². The molecule has 2 rings (SSSR count). The van der Waals surface area contributed by atoms with Crippen LogP contribution >= 0.6 is 0 Å². The standard InChI is InChI=1S/C9H7NO2.C6H15N/c11-8-5-10-7-4-2-1-3-6(7)9(8)12;1-6(2,3)4-5-7/h1-5,11H,(H,10,12);4-5,7H2,1-3H3. The zero-order valence-corrected chi connectivity index (χ0v) is 11.7. The van der Waals surface area contributed by atoms with Crippen LogP contribution in [0.1, 0.15) is 27.2 Å². The summed E-state index contributed by atoms with van der Waals surface area (Å²) in [6.07, 6.45) is 2.41. The van der Waals surface area contributed by atoms with Crippen molar-refractivity contribution in [3.63, 3.8) is 0 Å². The molecule has 4 N–H and O–H groups in total. The molecule has 0 spiro atoms. The number of hydrogen-bond donors (Lipinski definition) is 3. The molecule has 1 heterocycles. The van der Waals surface area contributed by atoms with Gasteiger partial charge in [0, 0.05) is 17.1 Å². The van der Waals surface area contributed by atoms with Crippen molar-refractivity contribution < 1.29 is 5.11 Å². The normalized spacial score (nSPS) is 10.9. The summed E-state index contributed by atoms with van der Waals surface area (Å²) in [6.45, 7) is 7.39. The molecule has 0 fully saturated rings. The zero-order valence-electron chi connectivity index (χ0n) is 11.7. The van der Waals surface area contributed by atoms with Crippen molar-refractivity contribution in [1.29, 1.82) is 0 Å². The molecule has 0 saturated heterocycles. The highest BCUT2D eigenvalue weighted by molar-refractivity contribution is 5.79. The Balaban J connectivity index is 0.000000224. The van der Waals surface area contributed by atoms with Crippen LogP contribution < -0.4 is 11.2 Å². The van der Waals surface area contributed by atoms with Crippen LogP contribution in [0.3, 0.4) is 0 Å². The van der Waals surface area contributed by atoms with Crippen molar-refractivity contribution in [2.45, 2.75) is 27.2 Å². The number of fused-ring (bicyclic) bond motifs is 1. The maximum atomic E-state index is 11.3. The molecular weight excluding hydrogens is 240 g/mol. The predicted octanol–water partition coefficient (Wildman–Crippen LogP) is 2.62. The molecule has 0 radical (unpaired) electrons. The first-order valence-corrected chi connectivity index (χ1v) is 6.34. The van der Waals surface area contributed by atoms with Crippen LogP contribution in [0.25, 0.3) is 10.9 Å². The summed E-state index contributed by atoms with van der Waals surface area (Å²) in [5.41, 5.74) is 6.15. The van der Waals surface area contributed by atoms with E-state index in [9.17, 15) is 4.79 Å². The Morgan fingerprint density at radius 3 is 2.42 bits per heavy atom. The Morgan fingerprint density at radius 2 is 1.89 bits per heavy atom. The number of nitrogens with two attached hydrogens (primary N) is 1. The fourth-order valence-corrected chi connectivity index (χ4v) is 1.59. The van der Waals surface area contributed by atoms with Crippen LogP contribution in [-0.2, 0) is 0 Å². The van der Waals surface area contributed by atoms with Gasteiger partial charge in [0.2, 0.25) is 5.43 Å². The Labute approximate surface area is 113 Å². The molecule has 0 saturated carbocycles. The van der Waals surface area contributed by atoms with Crippen LogP contribution in [0.15, 0.2) is 35.3 Å². The molecule has 0 bridgehead atoms. The Morgan fingerprint density at radius 1 is 1.26 bits per heavy atom. The topological polar surface area (TPSA) is 79.1 Å². The fraction of sp³-hybridized carbons (Fsp3) is 0.400. The summed E-state index contributed by atoms with van der Waals surface area (Å²) in [7, 11) is 0. The number of rotatable bonds is 1. The first-order chi connectivity index (χ1) is 8.85. The lowest BCUT2D eigenvalue weighted by atomic mass is 9.93. The average Bonchev–Trinajstić information content (AvgIpc) is 2.34. The predicted molar refractivity (Wildman–Crippen MR) is 79.4 cm³/mol. The van der Waals surface area contributed by atoms with Crippen molar-refractivity contribution in [2.75, 3.05) is 6.54 Å². The number of nitrogens with one attached hydrogen (secondary N) is 1. The highest BCUT2D eigenvalue weighted by Crippen LogP contribution is 2.16. The lowest BCUT2D eigenvalue weighted by molar-refractivity contribution is 0.385. The monoisotopic (exact) mass is 262 g/mol. The van der Waals surface area contributed by atoms with E-state index in [2.05, 4.69) is 25.8 Å². The molecule has 0 aliphatic carbocycles. The van der Waals surface area contributed by atoms with Crippen molar-refractivity contribution in [1.82, 2.24) is 4.98 Å². The van der Waals surface area contributed by atoms with E-state index in [1.807, 2.05) is 6.07 Å². The highest BCUT2D eigenvalue weighted by Gasteiger charge is 2.06. The number of H-pyrrole nitrogens is 1. The number of para-hydroxylation sites is 1. The van der Waals surface area contributed by atoms with Crippen molar-refractivity contribution in [3.05, 3.63) is 40.7 Å². The summed E-state index contributed by atoms with van der Waals surface area (Å²) in [5.74, 6) is -0.242. The van der Waals surface area contributed by atoms with Crippen molar-refractivity contribution in [3.8, 4) is 5.75 Å². The minimum absolute atomic E-state index is 0.242. The first kappa shape index (κ1) is 15.2. The minimum atomic E-state index is -0.329.